The molecule has 0 aliphatic heterocycles. The molecule has 0 aliphatic carbocycles. The first-order valence-electron chi connectivity index (χ1n) is 3.70. The summed E-state index contributed by atoms with van der Waals surface area (Å²) in [6.07, 6.45) is 0. The number of hydrogen-bond acceptors (Lipinski definition) is 4. The fourth-order valence-electron chi connectivity index (χ4n) is 1.07. The Morgan fingerprint density at radius 1 is 1.38 bits per heavy atom. The summed E-state index contributed by atoms with van der Waals surface area (Å²) in [7, 11) is 1.56. The van der Waals surface area contributed by atoms with Crippen LogP contribution in [0.3, 0.4) is 0 Å². The summed E-state index contributed by atoms with van der Waals surface area (Å²) in [5.74, 6) is 0.677. The zero-order chi connectivity index (χ0) is 9.26. The topological polar surface area (TPSA) is 67.9 Å². The first-order chi connectivity index (χ1) is 6.29. The molecule has 1 aromatic carbocycles. The number of methoxy groups -OCH3 is 1. The lowest BCUT2D eigenvalue weighted by molar-refractivity contribution is 0.415. The average Bonchev–Trinajstić information content (AvgIpc) is 2.16. The maximum Gasteiger partial charge on any atom is 0.364 e. The molecule has 0 saturated carbocycles. The molecule has 0 bridgehead atoms. The number of ether oxygens (including phenoxy) is 1. The Bertz CT molecular complexity index is 492. The van der Waals surface area contributed by atoms with Crippen LogP contribution in [0.4, 0.5) is 0 Å². The van der Waals surface area contributed by atoms with Crippen molar-refractivity contribution in [2.75, 3.05) is 7.11 Å². The summed E-state index contributed by atoms with van der Waals surface area (Å²) in [4.78, 5) is 13.4. The summed E-state index contributed by atoms with van der Waals surface area (Å²) in [6, 6.07) is 5.19. The Labute approximate surface area is 73.4 Å². The molecular weight excluding hydrogens is 170 g/mol. The molecule has 1 aromatic heterocycles. The molecule has 0 atom stereocenters. The molecule has 0 fully saturated rings. The second kappa shape index (κ2) is 2.85. The number of benzene rings is 1. The van der Waals surface area contributed by atoms with Crippen LogP contribution >= 0.6 is 0 Å². The van der Waals surface area contributed by atoms with Crippen LogP contribution in [0, 0.1) is 0 Å². The van der Waals surface area contributed by atoms with Gasteiger partial charge in [-0.3, -0.25) is 0 Å². The van der Waals surface area contributed by atoms with Gasteiger partial charge in [-0.25, -0.2) is 4.79 Å². The van der Waals surface area contributed by atoms with Gasteiger partial charge in [0.1, 0.15) is 11.3 Å². The highest BCUT2D eigenvalue weighted by Crippen LogP contribution is 2.14. The third kappa shape index (κ3) is 1.35. The Morgan fingerprint density at radius 2 is 2.23 bits per heavy atom. The highest BCUT2D eigenvalue weighted by molar-refractivity contribution is 5.74. The van der Waals surface area contributed by atoms with Crippen molar-refractivity contribution in [2.24, 2.45) is 0 Å². The van der Waals surface area contributed by atoms with E-state index in [9.17, 15) is 4.79 Å². The molecule has 0 aliphatic rings. The highest BCUT2D eigenvalue weighted by Gasteiger charge is 1.98. The molecule has 1 heterocycles. The molecule has 5 heteroatoms. The van der Waals surface area contributed by atoms with E-state index in [4.69, 9.17) is 4.74 Å². The van der Waals surface area contributed by atoms with Crippen molar-refractivity contribution >= 4 is 11.0 Å². The molecule has 5 nitrogen and oxygen atoms in total. The first-order valence-corrected chi connectivity index (χ1v) is 3.70. The molecule has 0 saturated heterocycles. The van der Waals surface area contributed by atoms with Gasteiger partial charge >= 0.3 is 5.69 Å². The van der Waals surface area contributed by atoms with Crippen molar-refractivity contribution in [3.63, 3.8) is 0 Å². The van der Waals surface area contributed by atoms with Gasteiger partial charge < -0.3 is 9.72 Å². The van der Waals surface area contributed by atoms with Crippen molar-refractivity contribution in [2.45, 2.75) is 0 Å². The minimum absolute atomic E-state index is 0.458. The molecule has 66 valence electrons. The largest absolute Gasteiger partial charge is 0.497 e. The zero-order valence-electron chi connectivity index (χ0n) is 6.94. The number of aromatic nitrogens is 3. The monoisotopic (exact) mass is 177 g/mol. The Hall–Kier alpha value is -1.91. The quantitative estimate of drug-likeness (QED) is 0.681. The predicted octanol–water partition coefficient (Wildman–Crippen LogP) is 0.327. The number of aromatic amines is 1. The Balaban J connectivity index is 2.75. The number of nitrogens with zero attached hydrogens (tertiary/aromatic N) is 2. The van der Waals surface area contributed by atoms with E-state index in [0.29, 0.717) is 16.8 Å². The van der Waals surface area contributed by atoms with Crippen LogP contribution in [-0.2, 0) is 0 Å². The van der Waals surface area contributed by atoms with E-state index in [0.717, 1.165) is 0 Å². The molecule has 0 spiro atoms. The standard InChI is InChI=1S/C8H7N3O2/c1-13-5-2-3-6-7(4-5)9-8(12)11-10-6/h2-4H,1H3,(H,9,11,12). The van der Waals surface area contributed by atoms with E-state index < -0.39 is 5.69 Å². The summed E-state index contributed by atoms with van der Waals surface area (Å²) in [6.45, 7) is 0. The summed E-state index contributed by atoms with van der Waals surface area (Å²) >= 11 is 0. The second-order valence-electron chi connectivity index (χ2n) is 2.51. The van der Waals surface area contributed by atoms with Crippen LogP contribution in [0.2, 0.25) is 0 Å². The van der Waals surface area contributed by atoms with Gasteiger partial charge in [0.15, 0.2) is 0 Å². The van der Waals surface area contributed by atoms with Gasteiger partial charge in [0, 0.05) is 6.07 Å². The zero-order valence-corrected chi connectivity index (χ0v) is 6.94. The molecular formula is C8H7N3O2. The van der Waals surface area contributed by atoms with Gasteiger partial charge in [-0.05, 0) is 12.1 Å². The number of hydrogen-bond donors (Lipinski definition) is 1. The average molecular weight is 177 g/mol. The van der Waals surface area contributed by atoms with Gasteiger partial charge in [0.2, 0.25) is 0 Å². The van der Waals surface area contributed by atoms with Crippen LogP contribution in [0.1, 0.15) is 0 Å². The minimum Gasteiger partial charge on any atom is -0.497 e. The second-order valence-corrected chi connectivity index (χ2v) is 2.51. The fraction of sp³-hybridized carbons (Fsp3) is 0.125. The van der Waals surface area contributed by atoms with Crippen LogP contribution in [0.25, 0.3) is 11.0 Å². The lowest BCUT2D eigenvalue weighted by Gasteiger charge is -1.99. The molecule has 2 aromatic rings. The van der Waals surface area contributed by atoms with E-state index >= 15 is 0 Å². The molecule has 0 amide bonds. The fourth-order valence-corrected chi connectivity index (χ4v) is 1.07. The lowest BCUT2D eigenvalue weighted by Crippen LogP contribution is -2.11. The SMILES string of the molecule is COc1ccc2nnc(=O)[nH]c2c1. The summed E-state index contributed by atoms with van der Waals surface area (Å²) < 4.78 is 4.99. The molecule has 13 heavy (non-hydrogen) atoms. The van der Waals surface area contributed by atoms with Crippen molar-refractivity contribution in [1.82, 2.24) is 15.2 Å². The summed E-state index contributed by atoms with van der Waals surface area (Å²) in [5.41, 5.74) is 0.806. The van der Waals surface area contributed by atoms with Crippen molar-refractivity contribution < 1.29 is 4.74 Å². The number of nitrogens with one attached hydrogen (secondary N) is 1. The predicted molar refractivity (Wildman–Crippen MR) is 46.7 cm³/mol. The first kappa shape index (κ1) is 7.72. The van der Waals surface area contributed by atoms with Crippen molar-refractivity contribution in [3.05, 3.63) is 28.7 Å². The van der Waals surface area contributed by atoms with Crippen LogP contribution in [-0.4, -0.2) is 22.3 Å². The maximum absolute atomic E-state index is 10.8. The van der Waals surface area contributed by atoms with Crippen LogP contribution in [0.5, 0.6) is 5.75 Å². The normalized spacial score (nSPS) is 10.2. The van der Waals surface area contributed by atoms with E-state index in [1.54, 1.807) is 25.3 Å². The van der Waals surface area contributed by atoms with Gasteiger partial charge in [0.05, 0.1) is 12.6 Å². The Morgan fingerprint density at radius 3 is 3.00 bits per heavy atom. The highest BCUT2D eigenvalue weighted by atomic mass is 16.5. The van der Waals surface area contributed by atoms with Gasteiger partial charge in [0.25, 0.3) is 0 Å². The number of rotatable bonds is 1. The van der Waals surface area contributed by atoms with Crippen molar-refractivity contribution in [1.29, 1.82) is 0 Å². The Kier molecular flexibility index (Phi) is 1.70. The molecule has 0 radical (unpaired) electrons. The van der Waals surface area contributed by atoms with Gasteiger partial charge in [-0.15, -0.1) is 5.10 Å². The van der Waals surface area contributed by atoms with E-state index in [1.807, 2.05) is 0 Å². The minimum atomic E-state index is -0.458. The number of fused-ring (bicyclic) bond motifs is 1. The van der Waals surface area contributed by atoms with Crippen molar-refractivity contribution in [3.8, 4) is 5.75 Å². The van der Waals surface area contributed by atoms with E-state index in [-0.39, 0.29) is 0 Å². The lowest BCUT2D eigenvalue weighted by atomic mass is 10.3. The molecule has 1 N–H and O–H groups in total. The van der Waals surface area contributed by atoms with Gasteiger partial charge in [-0.1, -0.05) is 5.10 Å². The third-order valence-electron chi connectivity index (χ3n) is 1.69. The summed E-state index contributed by atoms with van der Waals surface area (Å²) in [5, 5.41) is 7.07. The van der Waals surface area contributed by atoms with Crippen LogP contribution in [0.15, 0.2) is 23.0 Å². The third-order valence-corrected chi connectivity index (χ3v) is 1.69. The van der Waals surface area contributed by atoms with E-state index in [2.05, 4.69) is 15.2 Å². The number of H-pyrrole nitrogens is 1. The van der Waals surface area contributed by atoms with Gasteiger partial charge in [-0.2, -0.15) is 0 Å². The molecule has 2 rings (SSSR count). The smallest absolute Gasteiger partial charge is 0.364 e. The van der Waals surface area contributed by atoms with Crippen LogP contribution < -0.4 is 10.4 Å². The molecule has 0 unspecified atom stereocenters. The van der Waals surface area contributed by atoms with E-state index in [1.165, 1.54) is 0 Å². The maximum atomic E-state index is 10.8.